The average molecular weight is 301 g/mol. The van der Waals surface area contributed by atoms with Crippen LogP contribution in [0.25, 0.3) is 0 Å². The maximum Gasteiger partial charge on any atom is 0.0318 e. The molecule has 1 aromatic rings. The number of anilines is 1. The number of nitrogens with zero attached hydrogens (tertiary/aromatic N) is 1. The molecule has 2 rings (SSSR count). The van der Waals surface area contributed by atoms with Gasteiger partial charge in [-0.25, -0.2) is 0 Å². The molecule has 1 fully saturated rings. The lowest BCUT2D eigenvalue weighted by Crippen LogP contribution is -2.36. The quantitative estimate of drug-likeness (QED) is 0.852. The van der Waals surface area contributed by atoms with Crippen LogP contribution in [0.2, 0.25) is 0 Å². The van der Waals surface area contributed by atoms with E-state index in [1.54, 1.807) is 0 Å². The third-order valence-corrected chi connectivity index (χ3v) is 4.70. The molecule has 88 valence electrons. The van der Waals surface area contributed by atoms with Crippen LogP contribution in [0.3, 0.4) is 0 Å². The van der Waals surface area contributed by atoms with Gasteiger partial charge in [-0.05, 0) is 23.8 Å². The number of nitrogen functional groups attached to an aromatic ring is 1. The topological polar surface area (TPSA) is 29.3 Å². The molecule has 0 radical (unpaired) electrons. The van der Waals surface area contributed by atoms with Crippen LogP contribution in [0.4, 0.5) is 5.69 Å². The summed E-state index contributed by atoms with van der Waals surface area (Å²) in [7, 11) is 0. The first-order valence-corrected chi connectivity index (χ1v) is 7.37. The fraction of sp³-hybridized carbons (Fsp3) is 0.500. The second-order valence-corrected chi connectivity index (χ2v) is 6.67. The van der Waals surface area contributed by atoms with E-state index in [2.05, 4.69) is 45.6 Å². The van der Waals surface area contributed by atoms with E-state index in [4.69, 9.17) is 5.73 Å². The molecule has 1 aliphatic rings. The number of hydrogen-bond donors (Lipinski definition) is 1. The zero-order valence-corrected chi connectivity index (χ0v) is 11.9. The van der Waals surface area contributed by atoms with Crippen molar-refractivity contribution < 1.29 is 0 Å². The van der Waals surface area contributed by atoms with Crippen molar-refractivity contribution in [1.29, 1.82) is 0 Å². The Morgan fingerprint density at radius 2 is 2.38 bits per heavy atom. The van der Waals surface area contributed by atoms with Gasteiger partial charge in [0.25, 0.3) is 0 Å². The van der Waals surface area contributed by atoms with Gasteiger partial charge in [-0.3, -0.25) is 4.90 Å². The van der Waals surface area contributed by atoms with Gasteiger partial charge in [0, 0.05) is 40.8 Å². The van der Waals surface area contributed by atoms with Crippen LogP contribution in [0.15, 0.2) is 22.7 Å². The molecular formula is C12H17BrN2S. The summed E-state index contributed by atoms with van der Waals surface area (Å²) in [5.74, 6) is 1.24. The predicted molar refractivity (Wildman–Crippen MR) is 75.8 cm³/mol. The molecule has 0 saturated carbocycles. The highest BCUT2D eigenvalue weighted by Crippen LogP contribution is 2.24. The normalized spacial score (nSPS) is 22.2. The zero-order valence-electron chi connectivity index (χ0n) is 9.45. The van der Waals surface area contributed by atoms with Crippen molar-refractivity contribution in [2.24, 2.45) is 0 Å². The average Bonchev–Trinajstić information content (AvgIpc) is 2.24. The Morgan fingerprint density at radius 1 is 1.56 bits per heavy atom. The summed E-state index contributed by atoms with van der Waals surface area (Å²) in [5, 5.41) is 0.744. The summed E-state index contributed by atoms with van der Waals surface area (Å²) < 4.78 is 1.16. The van der Waals surface area contributed by atoms with E-state index in [1.807, 2.05) is 12.1 Å². The molecule has 2 nitrogen and oxygen atoms in total. The molecule has 1 atom stereocenters. The number of thioether (sulfide) groups is 1. The van der Waals surface area contributed by atoms with Crippen LogP contribution < -0.4 is 5.73 Å². The van der Waals surface area contributed by atoms with Gasteiger partial charge in [0.2, 0.25) is 0 Å². The lowest BCUT2D eigenvalue weighted by molar-refractivity contribution is 0.278. The van der Waals surface area contributed by atoms with Crippen LogP contribution in [-0.2, 0) is 6.54 Å². The molecule has 4 heteroatoms. The van der Waals surface area contributed by atoms with Gasteiger partial charge in [0.15, 0.2) is 0 Å². The van der Waals surface area contributed by atoms with E-state index in [9.17, 15) is 0 Å². The number of benzene rings is 1. The summed E-state index contributed by atoms with van der Waals surface area (Å²) in [6, 6.07) is 6.03. The molecule has 0 aromatic heterocycles. The molecule has 1 heterocycles. The van der Waals surface area contributed by atoms with E-state index >= 15 is 0 Å². The van der Waals surface area contributed by atoms with E-state index in [0.29, 0.717) is 0 Å². The lowest BCUT2D eigenvalue weighted by atomic mass is 10.2. The smallest absolute Gasteiger partial charge is 0.0318 e. The molecule has 2 N–H and O–H groups in total. The van der Waals surface area contributed by atoms with Gasteiger partial charge in [-0.2, -0.15) is 11.8 Å². The largest absolute Gasteiger partial charge is 0.399 e. The fourth-order valence-corrected chi connectivity index (χ4v) is 3.45. The first-order valence-electron chi connectivity index (χ1n) is 5.53. The summed E-state index contributed by atoms with van der Waals surface area (Å²) in [6.45, 7) is 5.64. The molecule has 0 bridgehead atoms. The Bertz CT molecular complexity index is 370. The van der Waals surface area contributed by atoms with Gasteiger partial charge in [0.05, 0.1) is 0 Å². The minimum atomic E-state index is 0.744. The van der Waals surface area contributed by atoms with Crippen molar-refractivity contribution in [2.45, 2.75) is 18.7 Å². The maximum atomic E-state index is 5.82. The van der Waals surface area contributed by atoms with Crippen molar-refractivity contribution in [3.05, 3.63) is 28.2 Å². The molecule has 1 saturated heterocycles. The van der Waals surface area contributed by atoms with Crippen molar-refractivity contribution >= 4 is 33.4 Å². The van der Waals surface area contributed by atoms with Gasteiger partial charge in [-0.15, -0.1) is 0 Å². The van der Waals surface area contributed by atoms with Crippen LogP contribution in [-0.4, -0.2) is 29.0 Å². The van der Waals surface area contributed by atoms with Crippen LogP contribution in [0.1, 0.15) is 12.5 Å². The maximum absolute atomic E-state index is 5.82. The second-order valence-electron chi connectivity index (χ2n) is 4.27. The van der Waals surface area contributed by atoms with Gasteiger partial charge >= 0.3 is 0 Å². The summed E-state index contributed by atoms with van der Waals surface area (Å²) >= 11 is 5.65. The highest BCUT2D eigenvalue weighted by molar-refractivity contribution is 9.10. The van der Waals surface area contributed by atoms with E-state index in [1.165, 1.54) is 24.4 Å². The van der Waals surface area contributed by atoms with Crippen molar-refractivity contribution in [1.82, 2.24) is 4.90 Å². The van der Waals surface area contributed by atoms with Gasteiger partial charge in [-0.1, -0.05) is 22.9 Å². The minimum absolute atomic E-state index is 0.744. The minimum Gasteiger partial charge on any atom is -0.399 e. The fourth-order valence-electron chi connectivity index (χ4n) is 1.99. The van der Waals surface area contributed by atoms with E-state index in [0.717, 1.165) is 22.0 Å². The molecule has 0 aliphatic carbocycles. The van der Waals surface area contributed by atoms with Crippen molar-refractivity contribution in [3.63, 3.8) is 0 Å². The Morgan fingerprint density at radius 3 is 3.12 bits per heavy atom. The number of nitrogens with two attached hydrogens (primary N) is 1. The SMILES string of the molecule is CC1CN(Cc2cc(N)ccc2Br)CCS1. The predicted octanol–water partition coefficient (Wildman–Crippen LogP) is 2.97. The highest BCUT2D eigenvalue weighted by Gasteiger charge is 2.17. The van der Waals surface area contributed by atoms with E-state index in [-0.39, 0.29) is 0 Å². The Kier molecular flexibility index (Phi) is 4.16. The van der Waals surface area contributed by atoms with Gasteiger partial charge in [0.1, 0.15) is 0 Å². The standard InChI is InChI=1S/C12H17BrN2S/c1-9-7-15(4-5-16-9)8-10-6-11(14)2-3-12(10)13/h2-3,6,9H,4-5,7-8,14H2,1H3. The van der Waals surface area contributed by atoms with Crippen molar-refractivity contribution in [3.8, 4) is 0 Å². The number of halogens is 1. The third kappa shape index (κ3) is 3.15. The van der Waals surface area contributed by atoms with Crippen LogP contribution >= 0.6 is 27.7 Å². The molecule has 1 unspecified atom stereocenters. The summed E-state index contributed by atoms with van der Waals surface area (Å²) in [5.41, 5.74) is 7.95. The molecule has 1 aromatic carbocycles. The van der Waals surface area contributed by atoms with Crippen LogP contribution in [0.5, 0.6) is 0 Å². The molecule has 1 aliphatic heterocycles. The monoisotopic (exact) mass is 300 g/mol. The molecule has 0 amide bonds. The number of hydrogen-bond acceptors (Lipinski definition) is 3. The van der Waals surface area contributed by atoms with Crippen molar-refractivity contribution in [2.75, 3.05) is 24.6 Å². The Labute approximate surface area is 110 Å². The summed E-state index contributed by atoms with van der Waals surface area (Å²) in [4.78, 5) is 2.50. The molecule has 0 spiro atoms. The summed E-state index contributed by atoms with van der Waals surface area (Å²) in [6.07, 6.45) is 0. The van der Waals surface area contributed by atoms with Crippen LogP contribution in [0, 0.1) is 0 Å². The number of rotatable bonds is 2. The molecule has 16 heavy (non-hydrogen) atoms. The van der Waals surface area contributed by atoms with Gasteiger partial charge < -0.3 is 5.73 Å². The lowest BCUT2D eigenvalue weighted by Gasteiger charge is -2.30. The highest BCUT2D eigenvalue weighted by atomic mass is 79.9. The zero-order chi connectivity index (χ0) is 11.5. The first-order chi connectivity index (χ1) is 7.65. The Balaban J connectivity index is 2.05. The molecular weight excluding hydrogens is 284 g/mol. The third-order valence-electron chi connectivity index (χ3n) is 2.79. The second kappa shape index (κ2) is 5.43. The first kappa shape index (κ1) is 12.3. The Hall–Kier alpha value is -0.190. The van der Waals surface area contributed by atoms with E-state index < -0.39 is 0 Å².